The summed E-state index contributed by atoms with van der Waals surface area (Å²) in [6, 6.07) is 15.2. The quantitative estimate of drug-likeness (QED) is 0.823. The van der Waals surface area contributed by atoms with Crippen LogP contribution in [0.25, 0.3) is 0 Å². The van der Waals surface area contributed by atoms with E-state index in [0.29, 0.717) is 12.1 Å². The molecule has 0 unspecified atom stereocenters. The number of nitrogens with zero attached hydrogens (tertiary/aromatic N) is 1. The van der Waals surface area contributed by atoms with Gasteiger partial charge in [0.25, 0.3) is 5.91 Å². The van der Waals surface area contributed by atoms with Crippen molar-refractivity contribution in [2.24, 2.45) is 0 Å². The zero-order valence-electron chi connectivity index (χ0n) is 15.5. The third-order valence-electron chi connectivity index (χ3n) is 4.45. The van der Waals surface area contributed by atoms with Crippen molar-refractivity contribution in [2.75, 3.05) is 43.1 Å². The zero-order chi connectivity index (χ0) is 19.1. The molecule has 142 valence electrons. The van der Waals surface area contributed by atoms with Crippen molar-refractivity contribution < 1.29 is 14.3 Å². The maximum atomic E-state index is 12.1. The van der Waals surface area contributed by atoms with E-state index in [0.717, 1.165) is 43.2 Å². The Morgan fingerprint density at radius 3 is 2.52 bits per heavy atom. The minimum Gasteiger partial charge on any atom is -0.378 e. The van der Waals surface area contributed by atoms with Gasteiger partial charge in [0, 0.05) is 43.0 Å². The van der Waals surface area contributed by atoms with Gasteiger partial charge in [-0.25, -0.2) is 0 Å². The number of carbonyl (C=O) groups excluding carboxylic acids is 2. The molecule has 1 aliphatic rings. The second-order valence-electron chi connectivity index (χ2n) is 6.57. The molecule has 0 aromatic heterocycles. The zero-order valence-corrected chi connectivity index (χ0v) is 15.5. The van der Waals surface area contributed by atoms with Gasteiger partial charge in [-0.05, 0) is 43.3 Å². The number of hydrogen-bond acceptors (Lipinski definition) is 4. The molecule has 0 spiro atoms. The maximum absolute atomic E-state index is 12.1. The van der Waals surface area contributed by atoms with Crippen LogP contribution >= 0.6 is 0 Å². The van der Waals surface area contributed by atoms with E-state index in [9.17, 15) is 9.59 Å². The molecular formula is C21H25N3O3. The van der Waals surface area contributed by atoms with Crippen LogP contribution in [-0.4, -0.2) is 44.7 Å². The van der Waals surface area contributed by atoms with E-state index in [1.165, 1.54) is 0 Å². The van der Waals surface area contributed by atoms with Crippen LogP contribution < -0.4 is 15.5 Å². The highest BCUT2D eigenvalue weighted by Crippen LogP contribution is 2.19. The normalized spacial score (nSPS) is 13.9. The fourth-order valence-corrected chi connectivity index (χ4v) is 2.98. The summed E-state index contributed by atoms with van der Waals surface area (Å²) in [5, 5.41) is 5.64. The molecule has 1 aliphatic heterocycles. The summed E-state index contributed by atoms with van der Waals surface area (Å²) in [5.41, 5.74) is 3.51. The first kappa shape index (κ1) is 18.9. The van der Waals surface area contributed by atoms with Gasteiger partial charge in [-0.15, -0.1) is 0 Å². The number of aryl methyl sites for hydroxylation is 1. The number of nitrogens with one attached hydrogen (secondary N) is 2. The first-order valence-corrected chi connectivity index (χ1v) is 9.19. The van der Waals surface area contributed by atoms with Gasteiger partial charge in [-0.2, -0.15) is 0 Å². The van der Waals surface area contributed by atoms with Gasteiger partial charge in [-0.1, -0.05) is 17.7 Å². The number of benzene rings is 2. The molecule has 1 fully saturated rings. The molecule has 0 aliphatic carbocycles. The van der Waals surface area contributed by atoms with E-state index in [2.05, 4.69) is 15.5 Å². The number of rotatable bonds is 6. The van der Waals surface area contributed by atoms with Gasteiger partial charge in [0.05, 0.1) is 13.2 Å². The molecule has 6 nitrogen and oxygen atoms in total. The summed E-state index contributed by atoms with van der Waals surface area (Å²) < 4.78 is 5.36. The SMILES string of the molecule is Cc1cccc(C(=O)NCCC(=O)Nc2ccc(N3CCOCC3)cc2)c1. The van der Waals surface area contributed by atoms with Crippen molar-refractivity contribution in [2.45, 2.75) is 13.3 Å². The Labute approximate surface area is 159 Å². The average Bonchev–Trinajstić information content (AvgIpc) is 2.69. The predicted octanol–water partition coefficient (Wildman–Crippen LogP) is 2.59. The van der Waals surface area contributed by atoms with Crippen LogP contribution in [0.3, 0.4) is 0 Å². The van der Waals surface area contributed by atoms with E-state index in [-0.39, 0.29) is 18.2 Å². The molecule has 0 bridgehead atoms. The number of ether oxygens (including phenoxy) is 1. The fraction of sp³-hybridized carbons (Fsp3) is 0.333. The highest BCUT2D eigenvalue weighted by molar-refractivity contribution is 5.95. The van der Waals surface area contributed by atoms with Gasteiger partial charge in [0.2, 0.25) is 5.91 Å². The molecule has 1 saturated heterocycles. The number of hydrogen-bond donors (Lipinski definition) is 2. The molecule has 0 radical (unpaired) electrons. The van der Waals surface area contributed by atoms with Gasteiger partial charge in [-0.3, -0.25) is 9.59 Å². The number of amides is 2. The van der Waals surface area contributed by atoms with Crippen molar-refractivity contribution in [1.82, 2.24) is 5.32 Å². The summed E-state index contributed by atoms with van der Waals surface area (Å²) in [6.45, 7) is 5.48. The Balaban J connectivity index is 1.43. The van der Waals surface area contributed by atoms with Crippen LogP contribution in [0, 0.1) is 6.92 Å². The van der Waals surface area contributed by atoms with E-state index >= 15 is 0 Å². The molecule has 2 N–H and O–H groups in total. The standard InChI is InChI=1S/C21H25N3O3/c1-16-3-2-4-17(15-16)21(26)22-10-9-20(25)23-18-5-7-19(8-6-18)24-11-13-27-14-12-24/h2-8,15H,9-14H2,1H3,(H,22,26)(H,23,25). The Morgan fingerprint density at radius 1 is 1.07 bits per heavy atom. The van der Waals surface area contributed by atoms with E-state index in [1.807, 2.05) is 49.4 Å². The largest absolute Gasteiger partial charge is 0.378 e. The van der Waals surface area contributed by atoms with Crippen molar-refractivity contribution in [3.05, 3.63) is 59.7 Å². The van der Waals surface area contributed by atoms with Crippen LogP contribution in [0.4, 0.5) is 11.4 Å². The molecule has 1 heterocycles. The van der Waals surface area contributed by atoms with Gasteiger partial charge >= 0.3 is 0 Å². The van der Waals surface area contributed by atoms with Crippen LogP contribution in [0.5, 0.6) is 0 Å². The second-order valence-corrected chi connectivity index (χ2v) is 6.57. The smallest absolute Gasteiger partial charge is 0.251 e. The molecule has 2 amide bonds. The molecule has 2 aromatic carbocycles. The van der Waals surface area contributed by atoms with Gasteiger partial charge in [0.15, 0.2) is 0 Å². The molecule has 2 aromatic rings. The highest BCUT2D eigenvalue weighted by Gasteiger charge is 2.11. The van der Waals surface area contributed by atoms with Crippen molar-refractivity contribution >= 4 is 23.2 Å². The third kappa shape index (κ3) is 5.56. The third-order valence-corrected chi connectivity index (χ3v) is 4.45. The molecule has 0 saturated carbocycles. The first-order valence-electron chi connectivity index (χ1n) is 9.19. The second kappa shape index (κ2) is 9.19. The predicted molar refractivity (Wildman–Crippen MR) is 106 cm³/mol. The fourth-order valence-electron chi connectivity index (χ4n) is 2.98. The monoisotopic (exact) mass is 367 g/mol. The van der Waals surface area contributed by atoms with Crippen molar-refractivity contribution in [1.29, 1.82) is 0 Å². The minimum atomic E-state index is -0.165. The van der Waals surface area contributed by atoms with Crippen LogP contribution in [0.1, 0.15) is 22.3 Å². The Bertz CT molecular complexity index is 784. The maximum Gasteiger partial charge on any atom is 0.251 e. The van der Waals surface area contributed by atoms with Crippen molar-refractivity contribution in [3.63, 3.8) is 0 Å². The lowest BCUT2D eigenvalue weighted by Crippen LogP contribution is -2.36. The molecular weight excluding hydrogens is 342 g/mol. The number of carbonyl (C=O) groups is 2. The summed E-state index contributed by atoms with van der Waals surface area (Å²) in [4.78, 5) is 26.4. The summed E-state index contributed by atoms with van der Waals surface area (Å²) in [6.07, 6.45) is 0.225. The highest BCUT2D eigenvalue weighted by atomic mass is 16.5. The Morgan fingerprint density at radius 2 is 1.81 bits per heavy atom. The Kier molecular flexibility index (Phi) is 6.44. The van der Waals surface area contributed by atoms with Gasteiger partial charge in [0.1, 0.15) is 0 Å². The summed E-state index contributed by atoms with van der Waals surface area (Å²) >= 11 is 0. The lowest BCUT2D eigenvalue weighted by molar-refractivity contribution is -0.116. The topological polar surface area (TPSA) is 70.7 Å². The van der Waals surface area contributed by atoms with E-state index < -0.39 is 0 Å². The lowest BCUT2D eigenvalue weighted by atomic mass is 10.1. The number of morpholine rings is 1. The van der Waals surface area contributed by atoms with Gasteiger partial charge < -0.3 is 20.3 Å². The lowest BCUT2D eigenvalue weighted by Gasteiger charge is -2.28. The summed E-state index contributed by atoms with van der Waals surface area (Å²) in [5.74, 6) is -0.292. The first-order chi connectivity index (χ1) is 13.1. The average molecular weight is 367 g/mol. The molecule has 27 heavy (non-hydrogen) atoms. The Hall–Kier alpha value is -2.86. The van der Waals surface area contributed by atoms with Crippen LogP contribution in [0.15, 0.2) is 48.5 Å². The molecule has 3 rings (SSSR count). The van der Waals surface area contributed by atoms with Crippen molar-refractivity contribution in [3.8, 4) is 0 Å². The van der Waals surface area contributed by atoms with E-state index in [4.69, 9.17) is 4.74 Å². The van der Waals surface area contributed by atoms with Crippen LogP contribution in [0.2, 0.25) is 0 Å². The molecule has 6 heteroatoms. The van der Waals surface area contributed by atoms with E-state index in [1.54, 1.807) is 6.07 Å². The summed E-state index contributed by atoms with van der Waals surface area (Å²) in [7, 11) is 0. The minimum absolute atomic E-state index is 0.126. The van der Waals surface area contributed by atoms with Crippen LogP contribution in [-0.2, 0) is 9.53 Å². The molecule has 0 atom stereocenters. The number of anilines is 2.